The monoisotopic (exact) mass is 306 g/mol. The van der Waals surface area contributed by atoms with Crippen molar-refractivity contribution in [3.8, 4) is 0 Å². The van der Waals surface area contributed by atoms with Gasteiger partial charge in [-0.25, -0.2) is 0 Å². The molecule has 0 saturated carbocycles. The van der Waals surface area contributed by atoms with Crippen molar-refractivity contribution in [1.82, 2.24) is 15.2 Å². The minimum atomic E-state index is 0.723. The Morgan fingerprint density at radius 3 is 2.57 bits per heavy atom. The van der Waals surface area contributed by atoms with Gasteiger partial charge >= 0.3 is 0 Å². The second kappa shape index (κ2) is 7.01. The van der Waals surface area contributed by atoms with Gasteiger partial charge in [-0.3, -0.25) is 4.99 Å². The van der Waals surface area contributed by atoms with Gasteiger partial charge in [0.05, 0.1) is 6.54 Å². The van der Waals surface area contributed by atoms with Crippen LogP contribution in [0.15, 0.2) is 65.7 Å². The highest BCUT2D eigenvalue weighted by molar-refractivity contribution is 5.81. The fraction of sp³-hybridized carbons (Fsp3) is 0.211. The molecule has 3 aromatic rings. The van der Waals surface area contributed by atoms with Gasteiger partial charge < -0.3 is 15.2 Å². The summed E-state index contributed by atoms with van der Waals surface area (Å²) in [4.78, 5) is 9.92. The van der Waals surface area contributed by atoms with E-state index in [1.807, 2.05) is 26.2 Å². The van der Waals surface area contributed by atoms with E-state index >= 15 is 0 Å². The number of guanidine groups is 1. The molecule has 0 atom stereocenters. The first-order valence-electron chi connectivity index (χ1n) is 7.78. The Labute approximate surface area is 136 Å². The number of aliphatic imine (C=N–C) groups is 1. The number of H-pyrrole nitrogens is 1. The number of aromatic amines is 1. The average Bonchev–Trinajstić information content (AvgIpc) is 2.99. The number of hydrogen-bond acceptors (Lipinski definition) is 1. The lowest BCUT2D eigenvalue weighted by molar-refractivity contribution is 0.476. The molecule has 1 heterocycles. The molecule has 0 aliphatic carbocycles. The van der Waals surface area contributed by atoms with Crippen molar-refractivity contribution in [2.45, 2.75) is 13.1 Å². The summed E-state index contributed by atoms with van der Waals surface area (Å²) in [6.07, 6.45) is 0. The average molecular weight is 306 g/mol. The molecule has 0 saturated heterocycles. The molecule has 0 bridgehead atoms. The van der Waals surface area contributed by atoms with Gasteiger partial charge in [0.25, 0.3) is 0 Å². The first-order chi connectivity index (χ1) is 11.3. The Bertz CT molecular complexity index is 756. The maximum absolute atomic E-state index is 4.37. The smallest absolute Gasteiger partial charge is 0.194 e. The Morgan fingerprint density at radius 1 is 1.09 bits per heavy atom. The lowest BCUT2D eigenvalue weighted by Gasteiger charge is -2.22. The minimum absolute atomic E-state index is 0.723. The fourth-order valence-corrected chi connectivity index (χ4v) is 2.72. The normalized spacial score (nSPS) is 11.7. The quantitative estimate of drug-likeness (QED) is 0.573. The largest absolute Gasteiger partial charge is 0.357 e. The van der Waals surface area contributed by atoms with Crippen LogP contribution in [0, 0.1) is 0 Å². The zero-order chi connectivity index (χ0) is 16.1. The number of hydrogen-bond donors (Lipinski definition) is 2. The van der Waals surface area contributed by atoms with Crippen LogP contribution in [0.2, 0.25) is 0 Å². The lowest BCUT2D eigenvalue weighted by Crippen LogP contribution is -2.38. The maximum Gasteiger partial charge on any atom is 0.194 e. The Hall–Kier alpha value is -2.75. The van der Waals surface area contributed by atoms with Crippen LogP contribution in [0.25, 0.3) is 10.9 Å². The number of para-hydroxylation sites is 1. The summed E-state index contributed by atoms with van der Waals surface area (Å²) >= 11 is 0. The molecule has 0 aliphatic heterocycles. The van der Waals surface area contributed by atoms with Crippen molar-refractivity contribution in [1.29, 1.82) is 0 Å². The third-order valence-corrected chi connectivity index (χ3v) is 3.86. The molecular weight excluding hydrogens is 284 g/mol. The summed E-state index contributed by atoms with van der Waals surface area (Å²) in [7, 11) is 3.86. The van der Waals surface area contributed by atoms with Crippen LogP contribution in [-0.2, 0) is 13.1 Å². The van der Waals surface area contributed by atoms with Gasteiger partial charge in [-0.05, 0) is 23.1 Å². The van der Waals surface area contributed by atoms with E-state index in [0.717, 1.165) is 30.3 Å². The number of nitrogens with one attached hydrogen (secondary N) is 2. The van der Waals surface area contributed by atoms with Crippen LogP contribution >= 0.6 is 0 Å². The van der Waals surface area contributed by atoms with Gasteiger partial charge in [0.15, 0.2) is 5.96 Å². The molecule has 23 heavy (non-hydrogen) atoms. The highest BCUT2D eigenvalue weighted by Crippen LogP contribution is 2.14. The van der Waals surface area contributed by atoms with Gasteiger partial charge in [-0.1, -0.05) is 48.5 Å². The van der Waals surface area contributed by atoms with E-state index in [1.165, 1.54) is 10.9 Å². The Kier molecular flexibility index (Phi) is 4.62. The minimum Gasteiger partial charge on any atom is -0.357 e. The standard InChI is InChI=1S/C19H22N4/c1-20-19(23(2)14-15-8-4-3-5-9-15)21-13-17-12-16-10-6-7-11-18(16)22-17/h3-12,22H,13-14H2,1-2H3,(H,20,21). The van der Waals surface area contributed by atoms with E-state index in [1.54, 1.807) is 0 Å². The Balaban J connectivity index is 1.63. The second-order valence-electron chi connectivity index (χ2n) is 5.62. The number of nitrogens with zero attached hydrogens (tertiary/aromatic N) is 2. The SMILES string of the molecule is CN=C(NCc1cc2ccccc2[nH]1)N(C)Cc1ccccc1. The third kappa shape index (κ3) is 3.72. The topological polar surface area (TPSA) is 43.4 Å². The maximum atomic E-state index is 4.37. The Morgan fingerprint density at radius 2 is 1.83 bits per heavy atom. The van der Waals surface area contributed by atoms with Crippen molar-refractivity contribution < 1.29 is 0 Å². The number of aromatic nitrogens is 1. The van der Waals surface area contributed by atoms with E-state index in [2.05, 4.69) is 68.7 Å². The zero-order valence-electron chi connectivity index (χ0n) is 13.6. The molecule has 3 rings (SSSR count). The zero-order valence-corrected chi connectivity index (χ0v) is 13.6. The lowest BCUT2D eigenvalue weighted by atomic mass is 10.2. The van der Waals surface area contributed by atoms with Crippen LogP contribution in [-0.4, -0.2) is 29.9 Å². The molecule has 2 N–H and O–H groups in total. The molecule has 2 aromatic carbocycles. The summed E-state index contributed by atoms with van der Waals surface area (Å²) in [5.74, 6) is 0.882. The highest BCUT2D eigenvalue weighted by atomic mass is 15.3. The molecule has 118 valence electrons. The summed E-state index contributed by atoms with van der Waals surface area (Å²) < 4.78 is 0. The van der Waals surface area contributed by atoms with Gasteiger partial charge in [-0.2, -0.15) is 0 Å². The number of benzene rings is 2. The highest BCUT2D eigenvalue weighted by Gasteiger charge is 2.07. The van der Waals surface area contributed by atoms with Crippen LogP contribution in [0.4, 0.5) is 0 Å². The molecule has 0 spiro atoms. The molecular formula is C19H22N4. The van der Waals surface area contributed by atoms with E-state index < -0.39 is 0 Å². The first kappa shape index (κ1) is 15.2. The van der Waals surface area contributed by atoms with Crippen molar-refractivity contribution in [2.24, 2.45) is 4.99 Å². The van der Waals surface area contributed by atoms with Gasteiger partial charge in [0, 0.05) is 31.9 Å². The predicted molar refractivity (Wildman–Crippen MR) is 96.4 cm³/mol. The van der Waals surface area contributed by atoms with Crippen molar-refractivity contribution >= 4 is 16.9 Å². The van der Waals surface area contributed by atoms with E-state index in [9.17, 15) is 0 Å². The van der Waals surface area contributed by atoms with Crippen LogP contribution in [0.3, 0.4) is 0 Å². The second-order valence-corrected chi connectivity index (χ2v) is 5.62. The third-order valence-electron chi connectivity index (χ3n) is 3.86. The van der Waals surface area contributed by atoms with Crippen molar-refractivity contribution in [3.63, 3.8) is 0 Å². The van der Waals surface area contributed by atoms with E-state index in [-0.39, 0.29) is 0 Å². The molecule has 4 heteroatoms. The molecule has 4 nitrogen and oxygen atoms in total. The summed E-state index contributed by atoms with van der Waals surface area (Å²) in [5.41, 5.74) is 3.58. The van der Waals surface area contributed by atoms with Crippen molar-refractivity contribution in [2.75, 3.05) is 14.1 Å². The molecule has 0 radical (unpaired) electrons. The molecule has 0 unspecified atom stereocenters. The van der Waals surface area contributed by atoms with Crippen LogP contribution in [0.1, 0.15) is 11.3 Å². The van der Waals surface area contributed by atoms with Crippen LogP contribution < -0.4 is 5.32 Å². The van der Waals surface area contributed by atoms with Crippen LogP contribution in [0.5, 0.6) is 0 Å². The number of rotatable bonds is 4. The van der Waals surface area contributed by atoms with Gasteiger partial charge in [0.1, 0.15) is 0 Å². The summed E-state index contributed by atoms with van der Waals surface area (Å²) in [6, 6.07) is 20.9. The first-order valence-corrected chi connectivity index (χ1v) is 7.78. The van der Waals surface area contributed by atoms with E-state index in [0.29, 0.717) is 0 Å². The van der Waals surface area contributed by atoms with Gasteiger partial charge in [0.2, 0.25) is 0 Å². The molecule has 0 fully saturated rings. The predicted octanol–water partition coefficient (Wildman–Crippen LogP) is 3.38. The van der Waals surface area contributed by atoms with Crippen molar-refractivity contribution in [3.05, 3.63) is 71.9 Å². The molecule has 0 aliphatic rings. The number of fused-ring (bicyclic) bond motifs is 1. The molecule has 0 amide bonds. The van der Waals surface area contributed by atoms with E-state index in [4.69, 9.17) is 0 Å². The summed E-state index contributed by atoms with van der Waals surface area (Å²) in [5, 5.41) is 4.64. The fourth-order valence-electron chi connectivity index (χ4n) is 2.72. The van der Waals surface area contributed by atoms with Gasteiger partial charge in [-0.15, -0.1) is 0 Å². The molecule has 1 aromatic heterocycles. The summed E-state index contributed by atoms with van der Waals surface area (Å²) in [6.45, 7) is 1.55.